The van der Waals surface area contributed by atoms with Gasteiger partial charge in [0, 0.05) is 10.7 Å². The number of benzene rings is 2. The highest BCUT2D eigenvalue weighted by atomic mass is 35.7. The van der Waals surface area contributed by atoms with Crippen LogP contribution in [0.5, 0.6) is 5.75 Å². The quantitative estimate of drug-likeness (QED) is 0.418. The van der Waals surface area contributed by atoms with Gasteiger partial charge in [-0.25, -0.2) is 21.6 Å². The van der Waals surface area contributed by atoms with Crippen molar-refractivity contribution < 1.29 is 31.1 Å². The summed E-state index contributed by atoms with van der Waals surface area (Å²) in [5.41, 5.74) is 1.43. The average molecular weight is 461 g/mol. The van der Waals surface area contributed by atoms with E-state index in [1.54, 1.807) is 44.2 Å². The molecule has 0 spiro atoms. The normalized spacial score (nSPS) is 11.8. The van der Waals surface area contributed by atoms with Crippen molar-refractivity contribution >= 4 is 35.5 Å². The highest BCUT2D eigenvalue weighted by Gasteiger charge is 2.18. The average Bonchev–Trinajstić information content (AvgIpc) is 2.58. The van der Waals surface area contributed by atoms with Crippen LogP contribution in [0, 0.1) is 13.8 Å². The Bertz CT molecular complexity index is 1060. The monoisotopic (exact) mass is 460 g/mol. The lowest BCUT2D eigenvalue weighted by Crippen LogP contribution is -2.20. The number of rotatable bonds is 9. The standard InChI is InChI=1S/C19H21ClO7S2/c1-14-10-17(11-15(2)19(14)29(20,24)25)27-12-18(21)26-8-9-28(22,23)13-16-6-4-3-5-7-16/h3-7,10-11H,8-9,12-13H2,1-2H3. The molecule has 0 fully saturated rings. The lowest BCUT2D eigenvalue weighted by atomic mass is 10.1. The van der Waals surface area contributed by atoms with Gasteiger partial charge >= 0.3 is 5.97 Å². The van der Waals surface area contributed by atoms with E-state index in [1.165, 1.54) is 12.1 Å². The van der Waals surface area contributed by atoms with Crippen LogP contribution in [0.4, 0.5) is 0 Å². The summed E-state index contributed by atoms with van der Waals surface area (Å²) < 4.78 is 57.5. The number of esters is 1. The third kappa shape index (κ3) is 7.34. The first-order chi connectivity index (χ1) is 13.5. The molecule has 0 heterocycles. The first-order valence-electron chi connectivity index (χ1n) is 8.56. The van der Waals surface area contributed by atoms with Crippen molar-refractivity contribution in [3.63, 3.8) is 0 Å². The third-order valence-electron chi connectivity index (χ3n) is 3.92. The Hall–Kier alpha value is -2.10. The molecule has 2 rings (SSSR count). The van der Waals surface area contributed by atoms with Crippen LogP contribution in [0.15, 0.2) is 47.4 Å². The molecule has 7 nitrogen and oxygen atoms in total. The fourth-order valence-electron chi connectivity index (χ4n) is 2.75. The Morgan fingerprint density at radius 1 is 1.00 bits per heavy atom. The minimum absolute atomic E-state index is 0.00211. The number of carbonyl (C=O) groups excluding carboxylic acids is 1. The van der Waals surface area contributed by atoms with Crippen LogP contribution in [0.2, 0.25) is 0 Å². The fraction of sp³-hybridized carbons (Fsp3) is 0.316. The largest absolute Gasteiger partial charge is 0.482 e. The van der Waals surface area contributed by atoms with Gasteiger partial charge in [-0.3, -0.25) is 0 Å². The van der Waals surface area contributed by atoms with Crippen LogP contribution in [-0.2, 0) is 34.2 Å². The van der Waals surface area contributed by atoms with Crippen molar-refractivity contribution in [2.24, 2.45) is 0 Å². The first-order valence-corrected chi connectivity index (χ1v) is 12.7. The second-order valence-electron chi connectivity index (χ2n) is 6.41. The summed E-state index contributed by atoms with van der Waals surface area (Å²) in [6.45, 7) is 2.40. The lowest BCUT2D eigenvalue weighted by molar-refractivity contribution is -0.145. The number of hydrogen-bond donors (Lipinski definition) is 0. The second-order valence-corrected chi connectivity index (χ2v) is 11.1. The zero-order chi connectivity index (χ0) is 21.7. The zero-order valence-electron chi connectivity index (χ0n) is 15.9. The summed E-state index contributed by atoms with van der Waals surface area (Å²) in [5, 5.41) is 0. The van der Waals surface area contributed by atoms with Crippen molar-refractivity contribution in [1.82, 2.24) is 0 Å². The molecule has 29 heavy (non-hydrogen) atoms. The topological polar surface area (TPSA) is 104 Å². The van der Waals surface area contributed by atoms with Crippen molar-refractivity contribution in [2.45, 2.75) is 24.5 Å². The van der Waals surface area contributed by atoms with Gasteiger partial charge in [-0.15, -0.1) is 0 Å². The van der Waals surface area contributed by atoms with E-state index in [0.29, 0.717) is 16.7 Å². The van der Waals surface area contributed by atoms with Gasteiger partial charge in [-0.05, 0) is 42.7 Å². The molecule has 0 aromatic heterocycles. The van der Waals surface area contributed by atoms with E-state index in [1.807, 2.05) is 0 Å². The second kappa shape index (κ2) is 9.60. The maximum Gasteiger partial charge on any atom is 0.344 e. The van der Waals surface area contributed by atoms with Crippen molar-refractivity contribution in [1.29, 1.82) is 0 Å². The van der Waals surface area contributed by atoms with Gasteiger partial charge in [0.1, 0.15) is 12.4 Å². The minimum atomic E-state index is -3.89. The highest BCUT2D eigenvalue weighted by molar-refractivity contribution is 8.13. The van der Waals surface area contributed by atoms with Crippen LogP contribution in [0.3, 0.4) is 0 Å². The van der Waals surface area contributed by atoms with Crippen LogP contribution < -0.4 is 4.74 Å². The molecule has 0 atom stereocenters. The number of halogens is 1. The predicted octanol–water partition coefficient (Wildman–Crippen LogP) is 2.77. The van der Waals surface area contributed by atoms with E-state index in [9.17, 15) is 21.6 Å². The molecule has 0 N–H and O–H groups in total. The molecule has 10 heteroatoms. The zero-order valence-corrected chi connectivity index (χ0v) is 18.3. The molecular weight excluding hydrogens is 440 g/mol. The van der Waals surface area contributed by atoms with Gasteiger partial charge in [0.05, 0.1) is 16.4 Å². The van der Waals surface area contributed by atoms with E-state index in [2.05, 4.69) is 0 Å². The highest BCUT2D eigenvalue weighted by Crippen LogP contribution is 2.28. The Kier molecular flexibility index (Phi) is 7.67. The maximum atomic E-state index is 12.1. The number of ether oxygens (including phenoxy) is 2. The van der Waals surface area contributed by atoms with Gasteiger partial charge < -0.3 is 9.47 Å². The molecule has 2 aromatic rings. The molecule has 0 unspecified atom stereocenters. The number of aryl methyl sites for hydroxylation is 2. The molecule has 0 bridgehead atoms. The van der Waals surface area contributed by atoms with Gasteiger partial charge in [-0.1, -0.05) is 30.3 Å². The molecule has 0 saturated carbocycles. The van der Waals surface area contributed by atoms with E-state index in [-0.39, 0.29) is 28.8 Å². The first kappa shape index (κ1) is 23.2. The molecule has 158 valence electrons. The number of hydrogen-bond acceptors (Lipinski definition) is 7. The van der Waals surface area contributed by atoms with Gasteiger partial charge in [0.25, 0.3) is 9.05 Å². The molecular formula is C19H21ClO7S2. The molecule has 0 aliphatic carbocycles. The van der Waals surface area contributed by atoms with E-state index in [4.69, 9.17) is 20.2 Å². The number of carbonyl (C=O) groups is 1. The smallest absolute Gasteiger partial charge is 0.344 e. The van der Waals surface area contributed by atoms with E-state index < -0.39 is 31.5 Å². The summed E-state index contributed by atoms with van der Waals surface area (Å²) in [4.78, 5) is 11.8. The molecule has 0 radical (unpaired) electrons. The number of sulfone groups is 1. The SMILES string of the molecule is Cc1cc(OCC(=O)OCCS(=O)(=O)Cc2ccccc2)cc(C)c1S(=O)(=O)Cl. The van der Waals surface area contributed by atoms with Gasteiger partial charge in [0.2, 0.25) is 0 Å². The summed E-state index contributed by atoms with van der Waals surface area (Å²) in [6, 6.07) is 11.6. The molecule has 0 aliphatic rings. The van der Waals surface area contributed by atoms with E-state index in [0.717, 1.165) is 0 Å². The van der Waals surface area contributed by atoms with Crippen molar-refractivity contribution in [3.05, 3.63) is 59.2 Å². The van der Waals surface area contributed by atoms with Crippen molar-refractivity contribution in [2.75, 3.05) is 19.0 Å². The Morgan fingerprint density at radius 3 is 2.14 bits per heavy atom. The summed E-state index contributed by atoms with van der Waals surface area (Å²) >= 11 is 0. The van der Waals surface area contributed by atoms with Gasteiger partial charge in [0.15, 0.2) is 16.4 Å². The lowest BCUT2D eigenvalue weighted by Gasteiger charge is -2.11. The molecule has 0 saturated heterocycles. The molecule has 2 aromatic carbocycles. The van der Waals surface area contributed by atoms with Gasteiger partial charge in [-0.2, -0.15) is 0 Å². The maximum absolute atomic E-state index is 12.1. The summed E-state index contributed by atoms with van der Waals surface area (Å²) in [6.07, 6.45) is 0. The van der Waals surface area contributed by atoms with Crippen molar-refractivity contribution in [3.8, 4) is 5.75 Å². The minimum Gasteiger partial charge on any atom is -0.482 e. The Morgan fingerprint density at radius 2 is 1.59 bits per heavy atom. The Labute approximate surface area is 174 Å². The van der Waals surface area contributed by atoms with Crippen LogP contribution in [-0.4, -0.2) is 41.8 Å². The summed E-state index contributed by atoms with van der Waals surface area (Å²) in [5.74, 6) is -0.883. The molecule has 0 amide bonds. The third-order valence-corrected chi connectivity index (χ3v) is 7.08. The Balaban J connectivity index is 1.84. The van der Waals surface area contributed by atoms with Crippen LogP contribution in [0.25, 0.3) is 0 Å². The van der Waals surface area contributed by atoms with Crippen LogP contribution >= 0.6 is 10.7 Å². The summed E-state index contributed by atoms with van der Waals surface area (Å²) in [7, 11) is -1.91. The predicted molar refractivity (Wildman–Crippen MR) is 109 cm³/mol. The van der Waals surface area contributed by atoms with Crippen LogP contribution in [0.1, 0.15) is 16.7 Å². The fourth-order valence-corrected chi connectivity index (χ4v) is 5.54. The molecule has 0 aliphatic heterocycles. The van der Waals surface area contributed by atoms with E-state index >= 15 is 0 Å².